The second-order valence-corrected chi connectivity index (χ2v) is 18.5. The molecule has 0 aliphatic rings. The van der Waals surface area contributed by atoms with Crippen LogP contribution in [0.15, 0.2) is 36.5 Å². The van der Waals surface area contributed by atoms with Gasteiger partial charge < -0.3 is 14.2 Å². The Bertz CT molecular complexity index is 986. The van der Waals surface area contributed by atoms with E-state index in [4.69, 9.17) is 14.2 Å². The normalized spacial score (nSPS) is 12.4. The first kappa shape index (κ1) is 60.1. The molecule has 5 nitrogen and oxygen atoms in total. The Morgan fingerprint density at radius 3 is 1.16 bits per heavy atom. The highest BCUT2D eigenvalue weighted by atomic mass is 16.6. The summed E-state index contributed by atoms with van der Waals surface area (Å²) in [7, 11) is 0. The second kappa shape index (κ2) is 53.5. The first-order valence-electron chi connectivity index (χ1n) is 27.5. The van der Waals surface area contributed by atoms with Crippen LogP contribution in [0, 0.1) is 0 Å². The van der Waals surface area contributed by atoms with Gasteiger partial charge in [0.25, 0.3) is 0 Å². The number of hydrogen-bond acceptors (Lipinski definition) is 5. The standard InChI is InChI=1S/C57H106O5/c1-4-7-10-13-16-19-22-25-26-27-28-29-30-31-34-37-40-43-46-49-52-60-53-55(62-57(59)51-48-45-42-39-36-33-24-21-18-15-12-9-6-3)54-61-56(58)50-47-44-41-38-35-32-23-20-17-14-11-8-5-2/h11,14,20-21,23-24,55H,4-10,12-13,15-19,22,25-54H2,1-3H3/b14-11-,23-20-,24-21-. The Labute approximate surface area is 387 Å². The smallest absolute Gasteiger partial charge is 0.306 e. The number of unbranched alkanes of at least 4 members (excludes halogenated alkanes) is 34. The minimum atomic E-state index is -0.541. The highest BCUT2D eigenvalue weighted by molar-refractivity contribution is 5.70. The van der Waals surface area contributed by atoms with Gasteiger partial charge in [-0.25, -0.2) is 0 Å². The van der Waals surface area contributed by atoms with Gasteiger partial charge in [0, 0.05) is 19.4 Å². The van der Waals surface area contributed by atoms with Gasteiger partial charge in [0.2, 0.25) is 0 Å². The number of carbonyl (C=O) groups excluding carboxylic acids is 2. The minimum Gasteiger partial charge on any atom is -0.462 e. The van der Waals surface area contributed by atoms with E-state index in [1.54, 1.807) is 0 Å². The van der Waals surface area contributed by atoms with E-state index in [9.17, 15) is 9.59 Å². The molecule has 0 N–H and O–H groups in total. The molecule has 0 aromatic heterocycles. The van der Waals surface area contributed by atoms with Crippen LogP contribution in [-0.4, -0.2) is 37.9 Å². The lowest BCUT2D eigenvalue weighted by Gasteiger charge is -2.18. The third-order valence-corrected chi connectivity index (χ3v) is 12.1. The second-order valence-electron chi connectivity index (χ2n) is 18.5. The Balaban J connectivity index is 4.20. The Morgan fingerprint density at radius 1 is 0.355 bits per heavy atom. The van der Waals surface area contributed by atoms with Gasteiger partial charge in [-0.1, -0.05) is 243 Å². The number of hydrogen-bond donors (Lipinski definition) is 0. The predicted octanol–water partition coefficient (Wildman–Crippen LogP) is 18.6. The topological polar surface area (TPSA) is 61.8 Å². The maximum Gasteiger partial charge on any atom is 0.306 e. The van der Waals surface area contributed by atoms with Crippen LogP contribution in [0.1, 0.15) is 290 Å². The molecule has 0 aromatic carbocycles. The molecule has 1 atom stereocenters. The van der Waals surface area contributed by atoms with Gasteiger partial charge in [0.15, 0.2) is 6.10 Å². The molecular weight excluding hydrogens is 765 g/mol. The lowest BCUT2D eigenvalue weighted by Crippen LogP contribution is -2.30. The summed E-state index contributed by atoms with van der Waals surface area (Å²) in [5.41, 5.74) is 0. The maximum atomic E-state index is 12.8. The number of allylic oxidation sites excluding steroid dienone is 6. The lowest BCUT2D eigenvalue weighted by atomic mass is 10.0. The highest BCUT2D eigenvalue weighted by Gasteiger charge is 2.17. The van der Waals surface area contributed by atoms with Crippen molar-refractivity contribution in [2.45, 2.75) is 297 Å². The van der Waals surface area contributed by atoms with Gasteiger partial charge in [-0.15, -0.1) is 0 Å². The van der Waals surface area contributed by atoms with Crippen molar-refractivity contribution in [3.05, 3.63) is 36.5 Å². The molecule has 0 rings (SSSR count). The minimum absolute atomic E-state index is 0.0793. The molecule has 0 saturated heterocycles. The molecule has 364 valence electrons. The van der Waals surface area contributed by atoms with Crippen molar-refractivity contribution in [2.24, 2.45) is 0 Å². The van der Waals surface area contributed by atoms with E-state index in [1.807, 2.05) is 0 Å². The van der Waals surface area contributed by atoms with Gasteiger partial charge in [0.1, 0.15) is 6.61 Å². The number of esters is 2. The van der Waals surface area contributed by atoms with Gasteiger partial charge >= 0.3 is 11.9 Å². The van der Waals surface area contributed by atoms with E-state index < -0.39 is 6.10 Å². The number of rotatable bonds is 51. The Morgan fingerprint density at radius 2 is 0.710 bits per heavy atom. The number of carbonyl (C=O) groups is 2. The summed E-state index contributed by atoms with van der Waals surface area (Å²) >= 11 is 0. The molecule has 0 bridgehead atoms. The van der Waals surface area contributed by atoms with Crippen LogP contribution in [0.3, 0.4) is 0 Å². The van der Waals surface area contributed by atoms with Gasteiger partial charge in [-0.2, -0.15) is 0 Å². The summed E-state index contributed by atoms with van der Waals surface area (Å²) in [6, 6.07) is 0. The average Bonchev–Trinajstić information content (AvgIpc) is 3.27. The summed E-state index contributed by atoms with van der Waals surface area (Å²) in [5, 5.41) is 0. The zero-order valence-electron chi connectivity index (χ0n) is 41.9. The zero-order valence-corrected chi connectivity index (χ0v) is 41.9. The number of ether oxygens (including phenoxy) is 3. The molecule has 5 heteroatoms. The largest absolute Gasteiger partial charge is 0.462 e. The van der Waals surface area contributed by atoms with Crippen molar-refractivity contribution in [1.82, 2.24) is 0 Å². The van der Waals surface area contributed by atoms with Crippen molar-refractivity contribution in [1.29, 1.82) is 0 Å². The molecule has 0 saturated carbocycles. The van der Waals surface area contributed by atoms with Crippen molar-refractivity contribution in [3.63, 3.8) is 0 Å². The fraction of sp³-hybridized carbons (Fsp3) is 0.860. The van der Waals surface area contributed by atoms with E-state index in [1.165, 1.54) is 193 Å². The monoisotopic (exact) mass is 871 g/mol. The van der Waals surface area contributed by atoms with Crippen LogP contribution in [-0.2, 0) is 23.8 Å². The molecule has 62 heavy (non-hydrogen) atoms. The van der Waals surface area contributed by atoms with E-state index in [0.717, 1.165) is 64.2 Å². The molecule has 0 spiro atoms. The molecule has 0 radical (unpaired) electrons. The molecule has 1 unspecified atom stereocenters. The molecule has 0 aromatic rings. The zero-order chi connectivity index (χ0) is 44.9. The summed E-state index contributed by atoms with van der Waals surface area (Å²) in [5.74, 6) is -0.409. The first-order chi connectivity index (χ1) is 30.6. The SMILES string of the molecule is CCC/C=C\C/C=C\CCCCCCCC(=O)OCC(COCCCCCCCCCCCCCCCCCCCCCC)OC(=O)CCCCCCC/C=C\CCCCCC. The summed E-state index contributed by atoms with van der Waals surface area (Å²) in [6.07, 6.45) is 64.5. The van der Waals surface area contributed by atoms with Crippen LogP contribution < -0.4 is 0 Å². The van der Waals surface area contributed by atoms with E-state index in [-0.39, 0.29) is 25.2 Å². The van der Waals surface area contributed by atoms with Crippen LogP contribution in [0.4, 0.5) is 0 Å². The van der Waals surface area contributed by atoms with Crippen LogP contribution in [0.2, 0.25) is 0 Å². The lowest BCUT2D eigenvalue weighted by molar-refractivity contribution is -0.163. The van der Waals surface area contributed by atoms with Crippen molar-refractivity contribution < 1.29 is 23.8 Å². The molecular formula is C57H106O5. The third kappa shape index (κ3) is 50.8. The van der Waals surface area contributed by atoms with Crippen LogP contribution in [0.5, 0.6) is 0 Å². The van der Waals surface area contributed by atoms with E-state index in [0.29, 0.717) is 19.4 Å². The van der Waals surface area contributed by atoms with E-state index >= 15 is 0 Å². The van der Waals surface area contributed by atoms with Gasteiger partial charge in [-0.3, -0.25) is 9.59 Å². The highest BCUT2D eigenvalue weighted by Crippen LogP contribution is 2.16. The fourth-order valence-electron chi connectivity index (χ4n) is 8.01. The Kier molecular flexibility index (Phi) is 51.8. The molecule has 0 aliphatic heterocycles. The van der Waals surface area contributed by atoms with Crippen LogP contribution in [0.25, 0.3) is 0 Å². The summed E-state index contributed by atoms with van der Waals surface area (Å²) < 4.78 is 17.4. The van der Waals surface area contributed by atoms with Gasteiger partial charge in [0.05, 0.1) is 6.61 Å². The maximum absolute atomic E-state index is 12.8. The average molecular weight is 871 g/mol. The van der Waals surface area contributed by atoms with Gasteiger partial charge in [-0.05, 0) is 70.6 Å². The van der Waals surface area contributed by atoms with Crippen LogP contribution >= 0.6 is 0 Å². The van der Waals surface area contributed by atoms with Crippen molar-refractivity contribution in [3.8, 4) is 0 Å². The summed E-state index contributed by atoms with van der Waals surface area (Å²) in [4.78, 5) is 25.4. The Hall–Kier alpha value is -1.88. The van der Waals surface area contributed by atoms with Crippen molar-refractivity contribution in [2.75, 3.05) is 19.8 Å². The quantitative estimate of drug-likeness (QED) is 0.0346. The summed E-state index contributed by atoms with van der Waals surface area (Å²) in [6.45, 7) is 7.78. The first-order valence-corrected chi connectivity index (χ1v) is 27.5. The molecule has 0 amide bonds. The third-order valence-electron chi connectivity index (χ3n) is 12.1. The molecule has 0 aliphatic carbocycles. The van der Waals surface area contributed by atoms with Crippen molar-refractivity contribution >= 4 is 11.9 Å². The molecule has 0 fully saturated rings. The van der Waals surface area contributed by atoms with E-state index in [2.05, 4.69) is 57.2 Å². The predicted molar refractivity (Wildman–Crippen MR) is 270 cm³/mol. The fourth-order valence-corrected chi connectivity index (χ4v) is 8.01. The molecule has 0 heterocycles.